The molecule has 1 aliphatic rings. The Hall–Kier alpha value is -0.640. The van der Waals surface area contributed by atoms with Crippen LogP contribution in [-0.2, 0) is 6.54 Å². The van der Waals surface area contributed by atoms with Crippen LogP contribution in [0, 0.1) is 12.8 Å². The molecule has 4 heteroatoms. The van der Waals surface area contributed by atoms with Gasteiger partial charge in [-0.05, 0) is 62.4 Å². The van der Waals surface area contributed by atoms with Crippen molar-refractivity contribution in [1.82, 2.24) is 9.88 Å². The van der Waals surface area contributed by atoms with Gasteiger partial charge in [-0.3, -0.25) is 9.88 Å². The van der Waals surface area contributed by atoms with Crippen LogP contribution in [0.3, 0.4) is 0 Å². The SMILES string of the molecule is Cc1ccncc1CN1CCCC(CCN)C1.Cl. The second-order valence-corrected chi connectivity index (χ2v) is 5.12. The zero-order chi connectivity index (χ0) is 12.1. The van der Waals surface area contributed by atoms with Crippen LogP contribution in [0.15, 0.2) is 18.5 Å². The van der Waals surface area contributed by atoms with Crippen LogP contribution in [0.4, 0.5) is 0 Å². The Labute approximate surface area is 116 Å². The van der Waals surface area contributed by atoms with Crippen molar-refractivity contribution in [3.05, 3.63) is 29.6 Å². The number of aromatic nitrogens is 1. The van der Waals surface area contributed by atoms with Crippen LogP contribution >= 0.6 is 12.4 Å². The average molecular weight is 270 g/mol. The van der Waals surface area contributed by atoms with Crippen LogP contribution in [0.25, 0.3) is 0 Å². The van der Waals surface area contributed by atoms with Crippen molar-refractivity contribution in [3.63, 3.8) is 0 Å². The number of hydrogen-bond donors (Lipinski definition) is 1. The summed E-state index contributed by atoms with van der Waals surface area (Å²) in [7, 11) is 0. The minimum absolute atomic E-state index is 0. The lowest BCUT2D eigenvalue weighted by Gasteiger charge is -2.32. The second kappa shape index (κ2) is 7.72. The van der Waals surface area contributed by atoms with Gasteiger partial charge in [0.1, 0.15) is 0 Å². The fourth-order valence-corrected chi connectivity index (χ4v) is 2.67. The van der Waals surface area contributed by atoms with Gasteiger partial charge in [0, 0.05) is 25.5 Å². The molecule has 0 aliphatic carbocycles. The van der Waals surface area contributed by atoms with Crippen LogP contribution in [0.1, 0.15) is 30.4 Å². The maximum atomic E-state index is 5.65. The Kier molecular flexibility index (Phi) is 6.61. The topological polar surface area (TPSA) is 42.2 Å². The Morgan fingerprint density at radius 1 is 1.50 bits per heavy atom. The van der Waals surface area contributed by atoms with Crippen molar-refractivity contribution in [2.75, 3.05) is 19.6 Å². The minimum Gasteiger partial charge on any atom is -0.330 e. The molecule has 1 unspecified atom stereocenters. The van der Waals surface area contributed by atoms with Gasteiger partial charge >= 0.3 is 0 Å². The third-order valence-electron chi connectivity index (χ3n) is 3.72. The molecule has 2 heterocycles. The number of hydrogen-bond acceptors (Lipinski definition) is 3. The Balaban J connectivity index is 0.00000162. The van der Waals surface area contributed by atoms with Gasteiger partial charge in [-0.2, -0.15) is 0 Å². The molecule has 1 aliphatic heterocycles. The zero-order valence-electron chi connectivity index (χ0n) is 11.1. The highest BCUT2D eigenvalue weighted by molar-refractivity contribution is 5.85. The van der Waals surface area contributed by atoms with E-state index in [1.807, 2.05) is 12.4 Å². The fourth-order valence-electron chi connectivity index (χ4n) is 2.67. The van der Waals surface area contributed by atoms with E-state index >= 15 is 0 Å². The first-order chi connectivity index (χ1) is 8.29. The standard InChI is InChI=1S/C14H23N3.ClH/c1-12-5-7-16-9-14(12)11-17-8-2-3-13(10-17)4-6-15;/h5,7,9,13H,2-4,6,8,10-11,15H2,1H3;1H. The van der Waals surface area contributed by atoms with E-state index in [2.05, 4.69) is 22.9 Å². The Bertz CT molecular complexity index is 355. The number of halogens is 1. The molecule has 0 amide bonds. The van der Waals surface area contributed by atoms with Crippen molar-refractivity contribution in [3.8, 4) is 0 Å². The van der Waals surface area contributed by atoms with E-state index in [0.29, 0.717) is 0 Å². The summed E-state index contributed by atoms with van der Waals surface area (Å²) >= 11 is 0. The molecule has 2 N–H and O–H groups in total. The molecular weight excluding hydrogens is 246 g/mol. The number of likely N-dealkylation sites (tertiary alicyclic amines) is 1. The zero-order valence-corrected chi connectivity index (χ0v) is 12.0. The number of pyridine rings is 1. The molecule has 0 saturated carbocycles. The van der Waals surface area contributed by atoms with Crippen LogP contribution in [0.2, 0.25) is 0 Å². The molecule has 1 saturated heterocycles. The number of nitrogens with two attached hydrogens (primary N) is 1. The van der Waals surface area contributed by atoms with Crippen LogP contribution in [-0.4, -0.2) is 29.5 Å². The van der Waals surface area contributed by atoms with Gasteiger partial charge in [-0.25, -0.2) is 0 Å². The van der Waals surface area contributed by atoms with E-state index in [1.165, 1.54) is 43.5 Å². The summed E-state index contributed by atoms with van der Waals surface area (Å²) in [5.74, 6) is 0.797. The summed E-state index contributed by atoms with van der Waals surface area (Å²) in [5, 5.41) is 0. The van der Waals surface area contributed by atoms with Crippen LogP contribution in [0.5, 0.6) is 0 Å². The van der Waals surface area contributed by atoms with Crippen molar-refractivity contribution in [2.24, 2.45) is 11.7 Å². The summed E-state index contributed by atoms with van der Waals surface area (Å²) in [5.41, 5.74) is 8.36. The van der Waals surface area contributed by atoms with Gasteiger partial charge in [-0.15, -0.1) is 12.4 Å². The maximum Gasteiger partial charge on any atom is 0.0315 e. The molecule has 1 aromatic rings. The molecule has 1 aromatic heterocycles. The molecule has 1 fully saturated rings. The third-order valence-corrected chi connectivity index (χ3v) is 3.72. The largest absolute Gasteiger partial charge is 0.330 e. The van der Waals surface area contributed by atoms with Crippen molar-refractivity contribution >= 4 is 12.4 Å². The first-order valence-electron chi connectivity index (χ1n) is 6.61. The van der Waals surface area contributed by atoms with E-state index < -0.39 is 0 Å². The van der Waals surface area contributed by atoms with Gasteiger partial charge in [0.05, 0.1) is 0 Å². The fraction of sp³-hybridized carbons (Fsp3) is 0.643. The minimum atomic E-state index is 0. The molecule has 2 rings (SSSR count). The van der Waals surface area contributed by atoms with Gasteiger partial charge in [0.15, 0.2) is 0 Å². The first kappa shape index (κ1) is 15.4. The highest BCUT2D eigenvalue weighted by atomic mass is 35.5. The van der Waals surface area contributed by atoms with E-state index in [4.69, 9.17) is 5.73 Å². The average Bonchev–Trinajstić information content (AvgIpc) is 2.33. The lowest BCUT2D eigenvalue weighted by atomic mass is 9.94. The summed E-state index contributed by atoms with van der Waals surface area (Å²) in [6.45, 7) is 6.45. The van der Waals surface area contributed by atoms with E-state index in [9.17, 15) is 0 Å². The molecule has 3 nitrogen and oxygen atoms in total. The molecule has 18 heavy (non-hydrogen) atoms. The molecule has 0 aromatic carbocycles. The molecule has 1 atom stereocenters. The van der Waals surface area contributed by atoms with Gasteiger partial charge in [0.2, 0.25) is 0 Å². The summed E-state index contributed by atoms with van der Waals surface area (Å²) in [6.07, 6.45) is 7.69. The van der Waals surface area contributed by atoms with E-state index in [1.54, 1.807) is 0 Å². The van der Waals surface area contributed by atoms with Crippen molar-refractivity contribution < 1.29 is 0 Å². The lowest BCUT2D eigenvalue weighted by molar-refractivity contribution is 0.162. The Morgan fingerprint density at radius 2 is 2.33 bits per heavy atom. The molecular formula is C14H24ClN3. The van der Waals surface area contributed by atoms with Gasteiger partial charge in [0.25, 0.3) is 0 Å². The number of piperidine rings is 1. The van der Waals surface area contributed by atoms with Crippen LogP contribution < -0.4 is 5.73 Å². The summed E-state index contributed by atoms with van der Waals surface area (Å²) < 4.78 is 0. The predicted octanol–water partition coefficient (Wildman–Crippen LogP) is 2.37. The normalized spacial score (nSPS) is 20.4. The molecule has 0 bridgehead atoms. The maximum absolute atomic E-state index is 5.65. The smallest absolute Gasteiger partial charge is 0.0315 e. The predicted molar refractivity (Wildman–Crippen MR) is 77.9 cm³/mol. The van der Waals surface area contributed by atoms with Gasteiger partial charge in [-0.1, -0.05) is 0 Å². The number of nitrogens with zero attached hydrogens (tertiary/aromatic N) is 2. The number of aryl methyl sites for hydroxylation is 1. The first-order valence-corrected chi connectivity index (χ1v) is 6.61. The molecule has 102 valence electrons. The second-order valence-electron chi connectivity index (χ2n) is 5.12. The van der Waals surface area contributed by atoms with Crippen molar-refractivity contribution in [2.45, 2.75) is 32.7 Å². The van der Waals surface area contributed by atoms with E-state index in [-0.39, 0.29) is 12.4 Å². The molecule has 0 radical (unpaired) electrons. The Morgan fingerprint density at radius 3 is 3.06 bits per heavy atom. The number of rotatable bonds is 4. The summed E-state index contributed by atoms with van der Waals surface area (Å²) in [6, 6.07) is 2.09. The third kappa shape index (κ3) is 4.23. The highest BCUT2D eigenvalue weighted by Crippen LogP contribution is 2.21. The quantitative estimate of drug-likeness (QED) is 0.913. The summed E-state index contributed by atoms with van der Waals surface area (Å²) in [4.78, 5) is 6.77. The lowest BCUT2D eigenvalue weighted by Crippen LogP contribution is -2.35. The highest BCUT2D eigenvalue weighted by Gasteiger charge is 2.19. The molecule has 0 spiro atoms. The van der Waals surface area contributed by atoms with Crippen molar-refractivity contribution in [1.29, 1.82) is 0 Å². The monoisotopic (exact) mass is 269 g/mol. The van der Waals surface area contributed by atoms with E-state index in [0.717, 1.165) is 19.0 Å². The van der Waals surface area contributed by atoms with Gasteiger partial charge < -0.3 is 5.73 Å².